The van der Waals surface area contributed by atoms with Gasteiger partial charge in [0.05, 0.1) is 6.54 Å². The van der Waals surface area contributed by atoms with Crippen molar-refractivity contribution in [3.05, 3.63) is 0 Å². The predicted octanol–water partition coefficient (Wildman–Crippen LogP) is 0.345. The summed E-state index contributed by atoms with van der Waals surface area (Å²) in [6, 6.07) is 0.344. The highest BCUT2D eigenvalue weighted by atomic mass is 16.2. The quantitative estimate of drug-likeness (QED) is 0.558. The summed E-state index contributed by atoms with van der Waals surface area (Å²) in [6.07, 6.45) is 2.84. The van der Waals surface area contributed by atoms with Crippen molar-refractivity contribution in [2.75, 3.05) is 19.7 Å². The highest BCUT2D eigenvalue weighted by Gasteiger charge is 2.10. The first-order chi connectivity index (χ1) is 6.57. The first-order valence-electron chi connectivity index (χ1n) is 5.21. The number of aliphatic hydroxyl groups excluding tert-OH is 1. The smallest absolute Gasteiger partial charge is 0.231 e. The molecule has 0 rings (SSSR count). The fraction of sp³-hybridized carbons (Fsp3) is 0.900. The molecule has 0 fully saturated rings. The molecule has 0 aliphatic rings. The largest absolute Gasteiger partial charge is 0.396 e. The van der Waals surface area contributed by atoms with Crippen LogP contribution in [0.2, 0.25) is 0 Å². The maximum atomic E-state index is 10.7. The topological polar surface area (TPSA) is 66.6 Å². The molecule has 0 aromatic carbocycles. The molecule has 4 nitrogen and oxygen atoms in total. The third-order valence-electron chi connectivity index (χ3n) is 2.19. The van der Waals surface area contributed by atoms with Crippen LogP contribution in [0.1, 0.15) is 33.1 Å². The van der Waals surface area contributed by atoms with Crippen molar-refractivity contribution in [1.82, 2.24) is 4.90 Å². The SMILES string of the molecule is CC(C)N(CCCCCO)CC(N)=O. The lowest BCUT2D eigenvalue weighted by molar-refractivity contribution is -0.119. The molecular weight excluding hydrogens is 180 g/mol. The van der Waals surface area contributed by atoms with Crippen LogP contribution in [0.5, 0.6) is 0 Å². The first-order valence-corrected chi connectivity index (χ1v) is 5.21. The Bertz CT molecular complexity index is 160. The average Bonchev–Trinajstić information content (AvgIpc) is 2.09. The Kier molecular flexibility index (Phi) is 7.42. The van der Waals surface area contributed by atoms with E-state index in [1.165, 1.54) is 0 Å². The Balaban J connectivity index is 3.68. The number of primary amides is 1. The molecule has 4 heteroatoms. The van der Waals surface area contributed by atoms with Crippen LogP contribution in [0.4, 0.5) is 0 Å². The third kappa shape index (κ3) is 6.86. The summed E-state index contributed by atoms with van der Waals surface area (Å²) >= 11 is 0. The Hall–Kier alpha value is -0.610. The molecule has 0 aliphatic carbocycles. The van der Waals surface area contributed by atoms with Crippen molar-refractivity contribution in [2.45, 2.75) is 39.2 Å². The fourth-order valence-corrected chi connectivity index (χ4v) is 1.32. The molecule has 0 heterocycles. The lowest BCUT2D eigenvalue weighted by atomic mass is 10.2. The van der Waals surface area contributed by atoms with Crippen LogP contribution >= 0.6 is 0 Å². The maximum absolute atomic E-state index is 10.7. The van der Waals surface area contributed by atoms with Crippen molar-refractivity contribution in [3.63, 3.8) is 0 Å². The third-order valence-corrected chi connectivity index (χ3v) is 2.19. The summed E-state index contributed by atoms with van der Waals surface area (Å²) in [5.74, 6) is -0.277. The van der Waals surface area contributed by atoms with E-state index in [0.717, 1.165) is 25.8 Å². The number of hydrogen-bond donors (Lipinski definition) is 2. The van der Waals surface area contributed by atoms with Gasteiger partial charge in [0, 0.05) is 12.6 Å². The van der Waals surface area contributed by atoms with Gasteiger partial charge < -0.3 is 10.8 Å². The molecule has 1 amide bonds. The van der Waals surface area contributed by atoms with Crippen molar-refractivity contribution in [1.29, 1.82) is 0 Å². The van der Waals surface area contributed by atoms with Gasteiger partial charge in [-0.1, -0.05) is 0 Å². The van der Waals surface area contributed by atoms with E-state index in [4.69, 9.17) is 10.8 Å². The summed E-state index contributed by atoms with van der Waals surface area (Å²) in [4.78, 5) is 12.8. The number of carbonyl (C=O) groups is 1. The van der Waals surface area contributed by atoms with E-state index in [0.29, 0.717) is 12.6 Å². The molecule has 0 saturated carbocycles. The molecule has 0 atom stereocenters. The minimum atomic E-state index is -0.277. The molecule has 14 heavy (non-hydrogen) atoms. The first kappa shape index (κ1) is 13.4. The standard InChI is InChI=1S/C10H22N2O2/c1-9(2)12(8-10(11)14)6-4-3-5-7-13/h9,13H,3-8H2,1-2H3,(H2,11,14). The zero-order valence-corrected chi connectivity index (χ0v) is 9.20. The van der Waals surface area contributed by atoms with E-state index >= 15 is 0 Å². The number of aliphatic hydroxyl groups is 1. The second kappa shape index (κ2) is 7.76. The van der Waals surface area contributed by atoms with Crippen LogP contribution in [-0.2, 0) is 4.79 Å². The second-order valence-electron chi connectivity index (χ2n) is 3.81. The number of unbranched alkanes of at least 4 members (excludes halogenated alkanes) is 2. The summed E-state index contributed by atoms with van der Waals surface area (Å²) in [5.41, 5.74) is 5.14. The number of nitrogens with zero attached hydrogens (tertiary/aromatic N) is 1. The number of hydrogen-bond acceptors (Lipinski definition) is 3. The zero-order chi connectivity index (χ0) is 11.0. The molecule has 3 N–H and O–H groups in total. The monoisotopic (exact) mass is 202 g/mol. The summed E-state index contributed by atoms with van der Waals surface area (Å²) in [6.45, 7) is 5.55. The van der Waals surface area contributed by atoms with Crippen LogP contribution in [0, 0.1) is 0 Å². The van der Waals surface area contributed by atoms with E-state index in [1.54, 1.807) is 0 Å². The molecule has 0 spiro atoms. The van der Waals surface area contributed by atoms with Crippen molar-refractivity contribution >= 4 is 5.91 Å². The van der Waals surface area contributed by atoms with Gasteiger partial charge in [0.15, 0.2) is 0 Å². The molecule has 0 saturated heterocycles. The molecule has 0 bridgehead atoms. The number of amides is 1. The van der Waals surface area contributed by atoms with Crippen molar-refractivity contribution in [3.8, 4) is 0 Å². The Labute approximate surface area is 86.1 Å². The summed E-state index contributed by atoms with van der Waals surface area (Å²) < 4.78 is 0. The lowest BCUT2D eigenvalue weighted by Gasteiger charge is -2.24. The maximum Gasteiger partial charge on any atom is 0.231 e. The van der Waals surface area contributed by atoms with Crippen LogP contribution in [0.25, 0.3) is 0 Å². The van der Waals surface area contributed by atoms with Gasteiger partial charge in [0.2, 0.25) is 5.91 Å². The highest BCUT2D eigenvalue weighted by Crippen LogP contribution is 2.02. The lowest BCUT2D eigenvalue weighted by Crippen LogP contribution is -2.39. The average molecular weight is 202 g/mol. The van der Waals surface area contributed by atoms with E-state index in [9.17, 15) is 4.79 Å². The van der Waals surface area contributed by atoms with Crippen LogP contribution in [0.3, 0.4) is 0 Å². The molecule has 0 aromatic rings. The van der Waals surface area contributed by atoms with Gasteiger partial charge in [0.1, 0.15) is 0 Å². The van der Waals surface area contributed by atoms with Gasteiger partial charge in [-0.15, -0.1) is 0 Å². The number of carbonyl (C=O) groups excluding carboxylic acids is 1. The molecule has 0 radical (unpaired) electrons. The number of rotatable bonds is 8. The van der Waals surface area contributed by atoms with Crippen molar-refractivity contribution in [2.24, 2.45) is 5.73 Å². The van der Waals surface area contributed by atoms with E-state index in [1.807, 2.05) is 0 Å². The molecular formula is C10H22N2O2. The number of nitrogens with two attached hydrogens (primary N) is 1. The Morgan fingerprint density at radius 3 is 2.43 bits per heavy atom. The second-order valence-corrected chi connectivity index (χ2v) is 3.81. The molecule has 0 unspecified atom stereocenters. The summed E-state index contributed by atoms with van der Waals surface area (Å²) in [5, 5.41) is 8.60. The minimum Gasteiger partial charge on any atom is -0.396 e. The van der Waals surface area contributed by atoms with E-state index in [2.05, 4.69) is 18.7 Å². The van der Waals surface area contributed by atoms with E-state index in [-0.39, 0.29) is 12.5 Å². The Morgan fingerprint density at radius 2 is 2.00 bits per heavy atom. The van der Waals surface area contributed by atoms with Gasteiger partial charge >= 0.3 is 0 Å². The van der Waals surface area contributed by atoms with Gasteiger partial charge in [0.25, 0.3) is 0 Å². The van der Waals surface area contributed by atoms with Gasteiger partial charge in [-0.3, -0.25) is 9.69 Å². The van der Waals surface area contributed by atoms with Gasteiger partial charge in [-0.25, -0.2) is 0 Å². The zero-order valence-electron chi connectivity index (χ0n) is 9.20. The van der Waals surface area contributed by atoms with Gasteiger partial charge in [-0.2, -0.15) is 0 Å². The Morgan fingerprint density at radius 1 is 1.36 bits per heavy atom. The fourth-order valence-electron chi connectivity index (χ4n) is 1.32. The summed E-state index contributed by atoms with van der Waals surface area (Å²) in [7, 11) is 0. The van der Waals surface area contributed by atoms with Crippen LogP contribution in [0.15, 0.2) is 0 Å². The van der Waals surface area contributed by atoms with E-state index < -0.39 is 0 Å². The molecule has 84 valence electrons. The van der Waals surface area contributed by atoms with Crippen LogP contribution in [-0.4, -0.2) is 41.7 Å². The van der Waals surface area contributed by atoms with Crippen LogP contribution < -0.4 is 5.73 Å². The van der Waals surface area contributed by atoms with Gasteiger partial charge in [-0.05, 0) is 39.7 Å². The van der Waals surface area contributed by atoms with Crippen molar-refractivity contribution < 1.29 is 9.90 Å². The minimum absolute atomic E-state index is 0.248. The highest BCUT2D eigenvalue weighted by molar-refractivity contribution is 5.75. The molecule has 0 aromatic heterocycles. The normalized spacial score (nSPS) is 11.2. The predicted molar refractivity (Wildman–Crippen MR) is 56.8 cm³/mol. The molecule has 0 aliphatic heterocycles.